The molecule has 0 saturated carbocycles. The first kappa shape index (κ1) is 21.1. The van der Waals surface area contributed by atoms with Gasteiger partial charge in [-0.05, 0) is 31.9 Å². The van der Waals surface area contributed by atoms with Crippen LogP contribution >= 0.6 is 11.3 Å². The maximum Gasteiger partial charge on any atom is 0.329 e. The Morgan fingerprint density at radius 3 is 2.40 bits per heavy atom. The van der Waals surface area contributed by atoms with Gasteiger partial charge in [0.05, 0.1) is 15.2 Å². The average Bonchev–Trinajstić information content (AvgIpc) is 2.99. The van der Waals surface area contributed by atoms with Crippen LogP contribution in [0, 0.1) is 17.0 Å². The highest BCUT2D eigenvalue weighted by Crippen LogP contribution is 2.29. The Balaban J connectivity index is 2.28. The molecule has 2 heterocycles. The maximum atomic E-state index is 13.3. The number of nitro groups is 1. The molecule has 3 N–H and O–H groups in total. The molecule has 3 rings (SSSR count). The number of thiophene rings is 1. The van der Waals surface area contributed by atoms with Crippen molar-refractivity contribution in [1.29, 1.82) is 0 Å². The van der Waals surface area contributed by atoms with Crippen LogP contribution in [0.4, 0.5) is 5.69 Å². The Morgan fingerprint density at radius 2 is 1.90 bits per heavy atom. The molecule has 10 nitrogen and oxygen atoms in total. The van der Waals surface area contributed by atoms with Gasteiger partial charge in [-0.2, -0.15) is 0 Å². The number of primary amides is 1. The number of nitro benzene ring substituents is 1. The number of aromatic nitrogens is 2. The second-order valence-electron chi connectivity index (χ2n) is 7.23. The van der Waals surface area contributed by atoms with E-state index in [1.54, 1.807) is 6.92 Å². The van der Waals surface area contributed by atoms with E-state index in [0.717, 1.165) is 15.9 Å². The Labute approximate surface area is 173 Å². The summed E-state index contributed by atoms with van der Waals surface area (Å²) < 4.78 is 1.09. The largest absolute Gasteiger partial charge is 0.480 e. The molecule has 0 spiro atoms. The lowest BCUT2D eigenvalue weighted by Gasteiger charge is -2.25. The van der Waals surface area contributed by atoms with Crippen LogP contribution in [-0.2, 0) is 16.8 Å². The predicted molar refractivity (Wildman–Crippen MR) is 110 cm³/mol. The number of carboxylic acids is 1. The second-order valence-corrected chi connectivity index (χ2v) is 8.23. The van der Waals surface area contributed by atoms with E-state index in [0.29, 0.717) is 11.1 Å². The zero-order valence-corrected chi connectivity index (χ0v) is 17.1. The van der Waals surface area contributed by atoms with E-state index in [-0.39, 0.29) is 33.0 Å². The van der Waals surface area contributed by atoms with Gasteiger partial charge in [0.1, 0.15) is 16.2 Å². The van der Waals surface area contributed by atoms with Crippen LogP contribution < -0.4 is 11.3 Å². The van der Waals surface area contributed by atoms with E-state index in [1.807, 2.05) is 0 Å². The van der Waals surface area contributed by atoms with Crippen molar-refractivity contribution in [3.63, 3.8) is 0 Å². The van der Waals surface area contributed by atoms with Crippen molar-refractivity contribution in [1.82, 2.24) is 9.55 Å². The van der Waals surface area contributed by atoms with Crippen LogP contribution in [-0.4, -0.2) is 31.5 Å². The summed E-state index contributed by atoms with van der Waals surface area (Å²) in [6, 6.07) is 5.67. The molecule has 3 aromatic rings. The van der Waals surface area contributed by atoms with E-state index < -0.39 is 27.9 Å². The minimum atomic E-state index is -1.63. The van der Waals surface area contributed by atoms with Crippen LogP contribution in [0.2, 0.25) is 0 Å². The molecule has 1 amide bonds. The van der Waals surface area contributed by atoms with Crippen molar-refractivity contribution in [3.8, 4) is 0 Å². The SMILES string of the molecule is Cc1c(C(N)=O)sc2nc(Cc3ccc([N+](=O)[O-])cc3)n(C(C)(C)C(=O)O)c(=O)c12. The van der Waals surface area contributed by atoms with Crippen LogP contribution in [0.15, 0.2) is 29.1 Å². The minimum absolute atomic E-state index is 0.0583. The lowest BCUT2D eigenvalue weighted by molar-refractivity contribution is -0.384. The van der Waals surface area contributed by atoms with Gasteiger partial charge < -0.3 is 10.8 Å². The second kappa shape index (κ2) is 7.34. The molecule has 0 atom stereocenters. The smallest absolute Gasteiger partial charge is 0.329 e. The molecular weight excluding hydrogens is 412 g/mol. The summed E-state index contributed by atoms with van der Waals surface area (Å²) in [5.41, 5.74) is 4.03. The van der Waals surface area contributed by atoms with Gasteiger partial charge in [-0.25, -0.2) is 9.78 Å². The molecule has 1 aromatic carbocycles. The maximum absolute atomic E-state index is 13.3. The first-order valence-corrected chi connectivity index (χ1v) is 9.58. The molecule has 0 saturated heterocycles. The van der Waals surface area contributed by atoms with Crippen molar-refractivity contribution in [2.24, 2.45) is 5.73 Å². The van der Waals surface area contributed by atoms with Gasteiger partial charge in [0.2, 0.25) is 0 Å². The quantitative estimate of drug-likeness (QED) is 0.448. The third-order valence-corrected chi connectivity index (χ3v) is 6.05. The standard InChI is InChI=1S/C19H18N4O6S/c1-9-13-16(30-14(9)15(20)24)21-12(22(17(13)25)19(2,3)18(26)27)8-10-4-6-11(7-5-10)23(28)29/h4-7H,8H2,1-3H3,(H2,20,24)(H,26,27). The number of aliphatic carboxylic acids is 1. The molecule has 0 fully saturated rings. The number of hydrogen-bond donors (Lipinski definition) is 2. The van der Waals surface area contributed by atoms with E-state index in [2.05, 4.69) is 4.98 Å². The fourth-order valence-corrected chi connectivity index (χ4v) is 4.21. The summed E-state index contributed by atoms with van der Waals surface area (Å²) >= 11 is 0.969. The highest BCUT2D eigenvalue weighted by molar-refractivity contribution is 7.20. The zero-order valence-electron chi connectivity index (χ0n) is 16.3. The molecule has 2 aromatic heterocycles. The fourth-order valence-electron chi connectivity index (χ4n) is 3.17. The highest BCUT2D eigenvalue weighted by atomic mass is 32.1. The Morgan fingerprint density at radius 1 is 1.30 bits per heavy atom. The molecule has 11 heteroatoms. The number of amides is 1. The van der Waals surface area contributed by atoms with E-state index in [9.17, 15) is 29.6 Å². The summed E-state index contributed by atoms with van der Waals surface area (Å²) in [6.45, 7) is 4.32. The normalized spacial score (nSPS) is 11.6. The average molecular weight is 430 g/mol. The molecule has 0 aliphatic heterocycles. The van der Waals surface area contributed by atoms with Gasteiger partial charge in [-0.1, -0.05) is 12.1 Å². The van der Waals surface area contributed by atoms with Gasteiger partial charge in [0.25, 0.3) is 17.2 Å². The molecule has 0 aliphatic carbocycles. The third kappa shape index (κ3) is 3.43. The van der Waals surface area contributed by atoms with Gasteiger partial charge in [-0.15, -0.1) is 11.3 Å². The first-order chi connectivity index (χ1) is 13.9. The monoisotopic (exact) mass is 430 g/mol. The van der Waals surface area contributed by atoms with Gasteiger partial charge in [-0.3, -0.25) is 24.3 Å². The number of non-ortho nitro benzene ring substituents is 1. The number of carboxylic acid groups (broad SMARTS) is 1. The van der Waals surface area contributed by atoms with Crippen molar-refractivity contribution < 1.29 is 19.6 Å². The number of nitrogens with two attached hydrogens (primary N) is 1. The number of benzene rings is 1. The minimum Gasteiger partial charge on any atom is -0.480 e. The fraction of sp³-hybridized carbons (Fsp3) is 0.263. The van der Waals surface area contributed by atoms with E-state index in [1.165, 1.54) is 38.1 Å². The number of carbonyl (C=O) groups excluding carboxylic acids is 1. The summed E-state index contributed by atoms with van der Waals surface area (Å²) in [6.07, 6.45) is 0.0583. The Kier molecular flexibility index (Phi) is 5.16. The van der Waals surface area contributed by atoms with Crippen LogP contribution in [0.25, 0.3) is 10.2 Å². The number of rotatable bonds is 6. The summed E-state index contributed by atoms with van der Waals surface area (Å²) in [5.74, 6) is -1.78. The van der Waals surface area contributed by atoms with Gasteiger partial charge in [0.15, 0.2) is 0 Å². The Hall–Kier alpha value is -3.60. The van der Waals surface area contributed by atoms with Crippen molar-refractivity contribution in [3.05, 3.63) is 66.6 Å². The molecule has 0 aliphatic rings. The topological polar surface area (TPSA) is 158 Å². The van der Waals surface area contributed by atoms with E-state index >= 15 is 0 Å². The van der Waals surface area contributed by atoms with Crippen LogP contribution in [0.3, 0.4) is 0 Å². The molecule has 0 radical (unpaired) electrons. The number of hydrogen-bond acceptors (Lipinski definition) is 7. The van der Waals surface area contributed by atoms with Crippen LogP contribution in [0.1, 0.15) is 40.5 Å². The van der Waals surface area contributed by atoms with Gasteiger partial charge in [0, 0.05) is 18.6 Å². The molecule has 0 unspecified atom stereocenters. The first-order valence-electron chi connectivity index (χ1n) is 8.77. The Bertz CT molecular complexity index is 1260. The molecule has 30 heavy (non-hydrogen) atoms. The van der Waals surface area contributed by atoms with Crippen molar-refractivity contribution >= 4 is 39.1 Å². The zero-order chi connectivity index (χ0) is 22.4. The lowest BCUT2D eigenvalue weighted by atomic mass is 10.0. The number of fused-ring (bicyclic) bond motifs is 1. The molecule has 0 bridgehead atoms. The highest BCUT2D eigenvalue weighted by Gasteiger charge is 2.34. The molecule has 156 valence electrons. The number of carbonyl (C=O) groups is 2. The summed E-state index contributed by atoms with van der Waals surface area (Å²) in [7, 11) is 0. The summed E-state index contributed by atoms with van der Waals surface area (Å²) in [4.78, 5) is 52.2. The summed E-state index contributed by atoms with van der Waals surface area (Å²) in [5, 5.41) is 20.7. The third-order valence-electron chi connectivity index (χ3n) is 4.85. The number of aryl methyl sites for hydroxylation is 1. The number of nitrogens with zero attached hydrogens (tertiary/aromatic N) is 3. The van der Waals surface area contributed by atoms with Crippen molar-refractivity contribution in [2.75, 3.05) is 0 Å². The lowest BCUT2D eigenvalue weighted by Crippen LogP contribution is -2.45. The van der Waals surface area contributed by atoms with Gasteiger partial charge >= 0.3 is 5.97 Å². The van der Waals surface area contributed by atoms with E-state index in [4.69, 9.17) is 5.73 Å². The predicted octanol–water partition coefficient (Wildman–Crippen LogP) is 2.18. The van der Waals surface area contributed by atoms with Crippen molar-refractivity contribution in [2.45, 2.75) is 32.7 Å². The molecular formula is C19H18N4O6S. The van der Waals surface area contributed by atoms with Crippen LogP contribution in [0.5, 0.6) is 0 Å².